The van der Waals surface area contributed by atoms with Crippen molar-refractivity contribution < 1.29 is 47.7 Å². The first-order valence-electron chi connectivity index (χ1n) is 14.6. The third kappa shape index (κ3) is 6.80. The van der Waals surface area contributed by atoms with Crippen LogP contribution in [-0.2, 0) is 35.3 Å². The van der Waals surface area contributed by atoms with Crippen LogP contribution in [0.1, 0.15) is 48.0 Å². The zero-order valence-corrected chi connectivity index (χ0v) is 25.3. The van der Waals surface area contributed by atoms with E-state index in [0.29, 0.717) is 12.2 Å². The predicted octanol–water partition coefficient (Wildman–Crippen LogP) is 1.31. The quantitative estimate of drug-likeness (QED) is 0.369. The summed E-state index contributed by atoms with van der Waals surface area (Å²) in [5.41, 5.74) is 1.01. The molecule has 0 aliphatic carbocycles. The number of carbonyl (C=O) groups is 5. The number of amides is 4. The molecule has 4 atom stereocenters. The van der Waals surface area contributed by atoms with Gasteiger partial charge in [-0.15, -0.1) is 0 Å². The summed E-state index contributed by atoms with van der Waals surface area (Å²) in [5, 5.41) is 7.95. The minimum absolute atomic E-state index is 0.0167. The molecule has 0 spiro atoms. The van der Waals surface area contributed by atoms with Crippen LogP contribution < -0.4 is 24.8 Å². The number of hydrazine groups is 1. The van der Waals surface area contributed by atoms with Crippen molar-refractivity contribution in [3.8, 4) is 17.2 Å². The molecule has 3 aliphatic heterocycles. The molecule has 0 aromatic heterocycles. The van der Waals surface area contributed by atoms with Crippen molar-refractivity contribution in [2.24, 2.45) is 0 Å². The summed E-state index contributed by atoms with van der Waals surface area (Å²) < 4.78 is 27.1. The predicted molar refractivity (Wildman–Crippen MR) is 156 cm³/mol. The van der Waals surface area contributed by atoms with E-state index in [9.17, 15) is 24.0 Å². The average Bonchev–Trinajstić information content (AvgIpc) is 3.36. The van der Waals surface area contributed by atoms with Gasteiger partial charge in [-0.3, -0.25) is 29.0 Å². The fourth-order valence-electron chi connectivity index (χ4n) is 5.70. The summed E-state index contributed by atoms with van der Waals surface area (Å²) >= 11 is 0. The molecule has 4 amide bonds. The number of hydrogen-bond acceptors (Lipinski definition) is 10. The fraction of sp³-hybridized carbons (Fsp3) is 0.452. The highest BCUT2D eigenvalue weighted by molar-refractivity contribution is 6.00. The van der Waals surface area contributed by atoms with Gasteiger partial charge in [0.1, 0.15) is 18.1 Å². The van der Waals surface area contributed by atoms with Gasteiger partial charge < -0.3 is 34.3 Å². The Morgan fingerprint density at radius 3 is 2.33 bits per heavy atom. The molecule has 5 rings (SSSR count). The van der Waals surface area contributed by atoms with Gasteiger partial charge in [-0.2, -0.15) is 0 Å². The van der Waals surface area contributed by atoms with Gasteiger partial charge in [-0.25, -0.2) is 5.01 Å². The number of carbonyl (C=O) groups excluding carboxylic acids is 5. The summed E-state index contributed by atoms with van der Waals surface area (Å²) in [7, 11) is 4.27. The highest BCUT2D eigenvalue weighted by Crippen LogP contribution is 2.38. The zero-order chi connectivity index (χ0) is 32.1. The molecule has 240 valence electrons. The highest BCUT2D eigenvalue weighted by atomic mass is 16.7. The van der Waals surface area contributed by atoms with Gasteiger partial charge in [0.2, 0.25) is 23.9 Å². The van der Waals surface area contributed by atoms with Crippen molar-refractivity contribution in [2.75, 3.05) is 27.9 Å². The first kappa shape index (κ1) is 31.6. The number of hydrogen-bond donors (Lipinski definition) is 2. The summed E-state index contributed by atoms with van der Waals surface area (Å²) in [5.74, 6) is -1.83. The van der Waals surface area contributed by atoms with E-state index in [1.165, 1.54) is 38.5 Å². The normalized spacial score (nSPS) is 23.0. The third-order valence-electron chi connectivity index (χ3n) is 7.94. The van der Waals surface area contributed by atoms with Crippen LogP contribution in [0.25, 0.3) is 0 Å². The van der Waals surface area contributed by atoms with Crippen molar-refractivity contribution in [2.45, 2.75) is 63.1 Å². The van der Waals surface area contributed by atoms with E-state index < -0.39 is 48.1 Å². The van der Waals surface area contributed by atoms with E-state index in [2.05, 4.69) is 10.6 Å². The molecule has 45 heavy (non-hydrogen) atoms. The van der Waals surface area contributed by atoms with Crippen molar-refractivity contribution in [1.82, 2.24) is 20.7 Å². The number of esters is 1. The zero-order valence-electron chi connectivity index (χ0n) is 25.3. The third-order valence-corrected chi connectivity index (χ3v) is 7.94. The van der Waals surface area contributed by atoms with E-state index in [-0.39, 0.29) is 61.8 Å². The van der Waals surface area contributed by atoms with Gasteiger partial charge in [0.05, 0.1) is 34.4 Å². The first-order valence-corrected chi connectivity index (χ1v) is 14.6. The lowest BCUT2D eigenvalue weighted by molar-refractivity contribution is -0.177. The van der Waals surface area contributed by atoms with Gasteiger partial charge in [0.25, 0.3) is 11.8 Å². The van der Waals surface area contributed by atoms with Gasteiger partial charge in [0.15, 0.2) is 11.5 Å². The van der Waals surface area contributed by atoms with Crippen LogP contribution in [0.5, 0.6) is 17.2 Å². The van der Waals surface area contributed by atoms with Gasteiger partial charge in [0, 0.05) is 18.5 Å². The number of cyclic esters (lactones) is 1. The highest BCUT2D eigenvalue weighted by Gasteiger charge is 2.46. The molecule has 0 bridgehead atoms. The number of benzene rings is 2. The summed E-state index contributed by atoms with van der Waals surface area (Å²) in [6.45, 7) is 0.407. The summed E-state index contributed by atoms with van der Waals surface area (Å²) in [6, 6.07) is 9.25. The number of methoxy groups -OCH3 is 3. The van der Waals surface area contributed by atoms with Gasteiger partial charge >= 0.3 is 5.97 Å². The second kappa shape index (κ2) is 13.8. The van der Waals surface area contributed by atoms with E-state index in [1.807, 2.05) is 30.3 Å². The van der Waals surface area contributed by atoms with Crippen molar-refractivity contribution in [3.63, 3.8) is 0 Å². The number of fused-ring (bicyclic) bond motifs is 1. The molecule has 3 fully saturated rings. The van der Waals surface area contributed by atoms with E-state index >= 15 is 0 Å². The minimum atomic E-state index is -1.10. The van der Waals surface area contributed by atoms with E-state index in [0.717, 1.165) is 10.6 Å². The Bertz CT molecular complexity index is 1430. The molecule has 2 N–H and O–H groups in total. The minimum Gasteiger partial charge on any atom is -0.493 e. The van der Waals surface area contributed by atoms with Crippen LogP contribution >= 0.6 is 0 Å². The molecule has 0 radical (unpaired) electrons. The lowest BCUT2D eigenvalue weighted by Crippen LogP contribution is -2.64. The molecule has 3 aliphatic rings. The number of nitrogens with one attached hydrogen (secondary N) is 2. The van der Waals surface area contributed by atoms with Crippen LogP contribution in [-0.4, -0.2) is 91.9 Å². The smallest absolute Gasteiger partial charge is 0.310 e. The van der Waals surface area contributed by atoms with Gasteiger partial charge in [-0.1, -0.05) is 30.3 Å². The average molecular weight is 625 g/mol. The molecule has 1 unspecified atom stereocenters. The van der Waals surface area contributed by atoms with Crippen LogP contribution in [0.4, 0.5) is 0 Å². The Hall–Kier alpha value is -4.85. The van der Waals surface area contributed by atoms with Gasteiger partial charge in [-0.05, 0) is 37.0 Å². The lowest BCUT2D eigenvalue weighted by atomic mass is 10.0. The molecular formula is C31H36N4O10. The Morgan fingerprint density at radius 1 is 0.956 bits per heavy atom. The SMILES string of the molecule is COc1cc(C(=O)N[C@@H]2CCC(=O)N3CCC[C@@H](C(=O)N[C@H]4CC(=O)OC4OCc4ccccc4)N3C2=O)cc(OC)c1OC. The maximum Gasteiger partial charge on any atom is 0.310 e. The summed E-state index contributed by atoms with van der Waals surface area (Å²) in [6.07, 6.45) is -0.363. The largest absolute Gasteiger partial charge is 0.493 e. The molecule has 14 nitrogen and oxygen atoms in total. The number of ether oxygens (including phenoxy) is 5. The fourth-order valence-corrected chi connectivity index (χ4v) is 5.70. The lowest BCUT2D eigenvalue weighted by Gasteiger charge is -2.43. The molecule has 14 heteroatoms. The Balaban J connectivity index is 1.31. The van der Waals surface area contributed by atoms with Crippen molar-refractivity contribution in [1.29, 1.82) is 0 Å². The maximum absolute atomic E-state index is 13.9. The topological polar surface area (TPSA) is 162 Å². The molecule has 2 aromatic carbocycles. The molecule has 2 aromatic rings. The van der Waals surface area contributed by atoms with Crippen LogP contribution in [0.15, 0.2) is 42.5 Å². The second-order valence-electron chi connectivity index (χ2n) is 10.8. The monoisotopic (exact) mass is 624 g/mol. The van der Waals surface area contributed by atoms with Crippen molar-refractivity contribution in [3.05, 3.63) is 53.6 Å². The maximum atomic E-state index is 13.9. The number of rotatable bonds is 10. The van der Waals surface area contributed by atoms with E-state index in [1.54, 1.807) is 0 Å². The van der Waals surface area contributed by atoms with Crippen LogP contribution in [0.2, 0.25) is 0 Å². The molecular weight excluding hydrogens is 588 g/mol. The molecule has 3 heterocycles. The summed E-state index contributed by atoms with van der Waals surface area (Å²) in [4.78, 5) is 66.2. The Morgan fingerprint density at radius 2 is 1.67 bits per heavy atom. The number of nitrogens with zero attached hydrogens (tertiary/aromatic N) is 2. The van der Waals surface area contributed by atoms with E-state index in [4.69, 9.17) is 23.7 Å². The molecule has 3 saturated heterocycles. The Labute approximate surface area is 259 Å². The first-order chi connectivity index (χ1) is 21.7. The second-order valence-corrected chi connectivity index (χ2v) is 10.8. The van der Waals surface area contributed by atoms with Crippen LogP contribution in [0, 0.1) is 0 Å². The Kier molecular flexibility index (Phi) is 9.71. The van der Waals surface area contributed by atoms with Crippen molar-refractivity contribution >= 4 is 29.6 Å². The molecule has 0 saturated carbocycles. The van der Waals surface area contributed by atoms with Crippen LogP contribution in [0.3, 0.4) is 0 Å². The standard InChI is InChI=1S/C31H36N4O10/c1-41-23-14-19(15-24(42-2)27(23)43-3)28(38)32-20-11-12-25(36)34-13-7-10-22(35(34)30(20)40)29(39)33-21-16-26(37)45-31(21)44-17-18-8-5-4-6-9-18/h4-6,8-9,14-15,20-22,31H,7,10-13,16-17H2,1-3H3,(H,32,38)(H,33,39)/t20-,21+,22+,31?/m1/s1.